The molecule has 0 N–H and O–H groups in total. The molecule has 0 spiro atoms. The van der Waals surface area contributed by atoms with Gasteiger partial charge < -0.3 is 4.43 Å². The van der Waals surface area contributed by atoms with E-state index in [1.54, 1.807) is 0 Å². The summed E-state index contributed by atoms with van der Waals surface area (Å²) in [6.07, 6.45) is 1.80. The highest BCUT2D eigenvalue weighted by Gasteiger charge is 2.51. The molecule has 0 aromatic heterocycles. The van der Waals surface area contributed by atoms with Crippen LogP contribution < -0.4 is 0 Å². The van der Waals surface area contributed by atoms with Crippen molar-refractivity contribution >= 4 is 9.05 Å². The van der Waals surface area contributed by atoms with Crippen LogP contribution in [0.15, 0.2) is 0 Å². The van der Waals surface area contributed by atoms with E-state index >= 15 is 0 Å². The summed E-state index contributed by atoms with van der Waals surface area (Å²) in [6.45, 7) is 2.43. The van der Waals surface area contributed by atoms with E-state index in [9.17, 15) is 0 Å². The second-order valence-electron chi connectivity index (χ2n) is 2.45. The Morgan fingerprint density at radius 3 is 1.67 bits per heavy atom. The molecule has 0 aliphatic rings. The Labute approximate surface area is 90.4 Å². The van der Waals surface area contributed by atoms with Gasteiger partial charge in [0.2, 0.25) is 0 Å². The Bertz CT molecular complexity index is 128. The fourth-order valence-electron chi connectivity index (χ4n) is 0.762. The third kappa shape index (κ3) is 6.17. The molecule has 92 valence electrons. The average molecular weight is 242 g/mol. The van der Waals surface area contributed by atoms with Crippen LogP contribution >= 0.6 is 0 Å². The molecule has 7 nitrogen and oxygen atoms in total. The minimum Gasteiger partial charge on any atom is -0.347 e. The minimum absolute atomic E-state index is 0.402. The molecule has 0 fully saturated rings. The van der Waals surface area contributed by atoms with Crippen molar-refractivity contribution in [1.29, 1.82) is 0 Å². The quantitative estimate of drug-likeness (QED) is 0.245. The van der Waals surface area contributed by atoms with Crippen molar-refractivity contribution in [2.24, 2.45) is 0 Å². The Balaban J connectivity index is 4.18. The summed E-state index contributed by atoms with van der Waals surface area (Å²) in [5, 5.41) is 0. The highest BCUT2D eigenvalue weighted by Crippen LogP contribution is 2.13. The van der Waals surface area contributed by atoms with E-state index in [0.29, 0.717) is 6.61 Å². The molecule has 0 amide bonds. The minimum atomic E-state index is -3.50. The lowest BCUT2D eigenvalue weighted by Gasteiger charge is -2.22. The Hall–Kier alpha value is -0.0631. The lowest BCUT2D eigenvalue weighted by molar-refractivity contribution is -0.370. The third-order valence-electron chi connectivity index (χ3n) is 1.33. The lowest BCUT2D eigenvalue weighted by atomic mass is 10.4. The molecular weight excluding hydrogens is 224 g/mol. The number of unbranched alkanes of at least 4 members (excludes halogenated alkanes) is 1. The van der Waals surface area contributed by atoms with Gasteiger partial charge in [0.05, 0.1) is 21.3 Å². The molecular formula is C7H18O7Si. The van der Waals surface area contributed by atoms with E-state index in [1.807, 2.05) is 6.92 Å². The van der Waals surface area contributed by atoms with Crippen molar-refractivity contribution in [2.75, 3.05) is 27.9 Å². The summed E-state index contributed by atoms with van der Waals surface area (Å²) in [4.78, 5) is 13.4. The van der Waals surface area contributed by atoms with Crippen molar-refractivity contribution < 1.29 is 32.8 Å². The van der Waals surface area contributed by atoms with Crippen LogP contribution in [0.25, 0.3) is 0 Å². The molecule has 0 saturated carbocycles. The predicted molar refractivity (Wildman–Crippen MR) is 50.9 cm³/mol. The molecule has 0 heterocycles. The van der Waals surface area contributed by atoms with Gasteiger partial charge in [-0.05, 0) is 6.42 Å². The first-order chi connectivity index (χ1) is 7.24. The third-order valence-corrected chi connectivity index (χ3v) is 3.00. The van der Waals surface area contributed by atoms with E-state index in [4.69, 9.17) is 18.2 Å². The van der Waals surface area contributed by atoms with Crippen LogP contribution in [-0.4, -0.2) is 37.0 Å². The van der Waals surface area contributed by atoms with Crippen molar-refractivity contribution in [2.45, 2.75) is 19.8 Å². The zero-order valence-electron chi connectivity index (χ0n) is 9.48. The van der Waals surface area contributed by atoms with Crippen molar-refractivity contribution in [3.05, 3.63) is 0 Å². The second kappa shape index (κ2) is 9.18. The number of hydrogen-bond acceptors (Lipinski definition) is 7. The first-order valence-corrected chi connectivity index (χ1v) is 6.17. The van der Waals surface area contributed by atoms with Gasteiger partial charge in [0.15, 0.2) is 0 Å². The van der Waals surface area contributed by atoms with Gasteiger partial charge >= 0.3 is 9.05 Å². The van der Waals surface area contributed by atoms with Gasteiger partial charge in [-0.3, -0.25) is 0 Å². The molecule has 0 atom stereocenters. The fourth-order valence-corrected chi connectivity index (χ4v) is 2.00. The maximum atomic E-state index is 5.29. The highest BCUT2D eigenvalue weighted by molar-refractivity contribution is 6.52. The molecule has 0 aromatic rings. The molecule has 8 heteroatoms. The first kappa shape index (κ1) is 14.9. The molecule has 0 radical (unpaired) electrons. The van der Waals surface area contributed by atoms with Crippen LogP contribution in [0.4, 0.5) is 0 Å². The van der Waals surface area contributed by atoms with Crippen LogP contribution in [-0.2, 0) is 32.8 Å². The van der Waals surface area contributed by atoms with Crippen molar-refractivity contribution in [3.63, 3.8) is 0 Å². The molecule has 0 bridgehead atoms. The molecule has 0 rings (SSSR count). The monoisotopic (exact) mass is 242 g/mol. The Kier molecular flexibility index (Phi) is 9.15. The maximum absolute atomic E-state index is 5.29. The fraction of sp³-hybridized carbons (Fsp3) is 1.00. The lowest BCUT2D eigenvalue weighted by Crippen LogP contribution is -2.48. The van der Waals surface area contributed by atoms with Crippen molar-refractivity contribution in [3.8, 4) is 0 Å². The Morgan fingerprint density at radius 1 is 0.867 bits per heavy atom. The molecule has 0 aromatic carbocycles. The van der Waals surface area contributed by atoms with E-state index < -0.39 is 9.05 Å². The summed E-state index contributed by atoms with van der Waals surface area (Å²) in [5.41, 5.74) is 0. The molecule has 0 unspecified atom stereocenters. The van der Waals surface area contributed by atoms with E-state index in [2.05, 4.69) is 14.7 Å². The van der Waals surface area contributed by atoms with Crippen LogP contribution in [0.2, 0.25) is 0 Å². The SMILES string of the molecule is CCCCO[Si](OOC)(OOC)OOC. The largest absolute Gasteiger partial charge is 0.764 e. The average Bonchev–Trinajstić information content (AvgIpc) is 2.19. The maximum Gasteiger partial charge on any atom is 0.764 e. The zero-order chi connectivity index (χ0) is 11.6. The topological polar surface area (TPSA) is 64.6 Å². The van der Waals surface area contributed by atoms with Gasteiger partial charge in [0, 0.05) is 6.61 Å². The van der Waals surface area contributed by atoms with Gasteiger partial charge in [-0.15, -0.1) is 0 Å². The van der Waals surface area contributed by atoms with Gasteiger partial charge in [0.25, 0.3) is 0 Å². The zero-order valence-corrected chi connectivity index (χ0v) is 10.5. The number of hydrogen-bond donors (Lipinski definition) is 0. The predicted octanol–water partition coefficient (Wildman–Crippen LogP) is 0.973. The second-order valence-corrected chi connectivity index (χ2v) is 4.24. The summed E-state index contributed by atoms with van der Waals surface area (Å²) in [5.74, 6) is 0. The van der Waals surface area contributed by atoms with Crippen LogP contribution in [0.3, 0.4) is 0 Å². The first-order valence-electron chi connectivity index (χ1n) is 4.54. The van der Waals surface area contributed by atoms with Crippen molar-refractivity contribution in [1.82, 2.24) is 0 Å². The van der Waals surface area contributed by atoms with Gasteiger partial charge in [-0.1, -0.05) is 13.3 Å². The molecule has 0 aliphatic carbocycles. The standard InChI is InChI=1S/C7H18O7Si/c1-5-6-7-11-15(12-8-2,13-9-3)14-10-4/h5-7H2,1-4H3. The summed E-state index contributed by atoms with van der Waals surface area (Å²) in [6, 6.07) is 0. The molecule has 0 aliphatic heterocycles. The smallest absolute Gasteiger partial charge is 0.347 e. The molecule has 0 saturated heterocycles. The van der Waals surface area contributed by atoms with E-state index in [1.165, 1.54) is 21.3 Å². The van der Waals surface area contributed by atoms with Gasteiger partial charge in [-0.2, -0.15) is 13.7 Å². The van der Waals surface area contributed by atoms with E-state index in [-0.39, 0.29) is 0 Å². The summed E-state index contributed by atoms with van der Waals surface area (Å²) in [7, 11) is 0.426. The molecule has 15 heavy (non-hydrogen) atoms. The van der Waals surface area contributed by atoms with E-state index in [0.717, 1.165) is 12.8 Å². The van der Waals surface area contributed by atoms with Crippen LogP contribution in [0.1, 0.15) is 19.8 Å². The Morgan fingerprint density at radius 2 is 1.33 bits per heavy atom. The highest BCUT2D eigenvalue weighted by atomic mass is 28.4. The van der Waals surface area contributed by atoms with Crippen LogP contribution in [0, 0.1) is 0 Å². The number of rotatable bonds is 10. The summed E-state index contributed by atoms with van der Waals surface area (Å²) < 4.78 is 19.6. The summed E-state index contributed by atoms with van der Waals surface area (Å²) >= 11 is 0. The van der Waals surface area contributed by atoms with Gasteiger partial charge in [-0.25, -0.2) is 14.7 Å². The normalized spacial score (nSPS) is 12.0. The van der Waals surface area contributed by atoms with Crippen LogP contribution in [0.5, 0.6) is 0 Å². The van der Waals surface area contributed by atoms with Gasteiger partial charge in [0.1, 0.15) is 0 Å².